The lowest BCUT2D eigenvalue weighted by Crippen LogP contribution is -2.21. The van der Waals surface area contributed by atoms with Crippen LogP contribution in [0.5, 0.6) is 0 Å². The minimum atomic E-state index is 0.370. The summed E-state index contributed by atoms with van der Waals surface area (Å²) in [5.41, 5.74) is 0. The molecule has 0 amide bonds. The van der Waals surface area contributed by atoms with Crippen molar-refractivity contribution in [3.05, 3.63) is 12.7 Å². The van der Waals surface area contributed by atoms with Crippen LogP contribution in [0.3, 0.4) is 0 Å². The van der Waals surface area contributed by atoms with Crippen LogP contribution in [0.4, 0.5) is 0 Å². The first-order valence-electron chi connectivity index (χ1n) is 5.29. The first-order chi connectivity index (χ1) is 6.35. The van der Waals surface area contributed by atoms with E-state index in [4.69, 9.17) is 0 Å². The molecule has 0 radical (unpaired) electrons. The molecule has 74 valence electrons. The van der Waals surface area contributed by atoms with E-state index >= 15 is 0 Å². The minimum absolute atomic E-state index is 0.370. The van der Waals surface area contributed by atoms with Gasteiger partial charge in [-0.25, -0.2) is 0 Å². The number of aliphatic hydroxyl groups is 1. The Morgan fingerprint density at radius 3 is 2.69 bits per heavy atom. The van der Waals surface area contributed by atoms with Crippen LogP contribution in [0.2, 0.25) is 0 Å². The van der Waals surface area contributed by atoms with E-state index in [1.54, 1.807) is 0 Å². The zero-order chi connectivity index (χ0) is 9.26. The Morgan fingerprint density at radius 2 is 2.15 bits per heavy atom. The molecule has 1 saturated carbocycles. The zero-order valence-corrected chi connectivity index (χ0v) is 8.15. The number of rotatable bonds is 4. The molecule has 2 heteroatoms. The average Bonchev–Trinajstić information content (AvgIpc) is 2.89. The number of hydrogen-bond acceptors (Lipinski definition) is 2. The van der Waals surface area contributed by atoms with Crippen molar-refractivity contribution in [2.75, 3.05) is 26.2 Å². The van der Waals surface area contributed by atoms with Gasteiger partial charge in [0.15, 0.2) is 0 Å². The summed E-state index contributed by atoms with van der Waals surface area (Å²) in [7, 11) is 0. The van der Waals surface area contributed by atoms with Crippen molar-refractivity contribution in [3.63, 3.8) is 0 Å². The topological polar surface area (TPSA) is 23.5 Å². The molecule has 0 spiro atoms. The van der Waals surface area contributed by atoms with Crippen molar-refractivity contribution in [2.24, 2.45) is 17.8 Å². The van der Waals surface area contributed by atoms with Gasteiger partial charge in [0.25, 0.3) is 0 Å². The smallest absolute Gasteiger partial charge is 0.0474 e. The van der Waals surface area contributed by atoms with Gasteiger partial charge in [0, 0.05) is 26.2 Å². The number of hydrogen-bond donors (Lipinski definition) is 1. The highest BCUT2D eigenvalue weighted by Crippen LogP contribution is 2.43. The lowest BCUT2D eigenvalue weighted by molar-refractivity contribution is 0.193. The number of likely N-dealkylation sites (tertiary alicyclic amines) is 1. The zero-order valence-electron chi connectivity index (χ0n) is 8.15. The third-order valence-electron chi connectivity index (χ3n) is 3.42. The molecule has 2 atom stereocenters. The molecule has 1 heterocycles. The van der Waals surface area contributed by atoms with Gasteiger partial charge in [-0.15, -0.1) is 6.58 Å². The van der Waals surface area contributed by atoms with Crippen LogP contribution < -0.4 is 0 Å². The highest BCUT2D eigenvalue weighted by atomic mass is 16.3. The summed E-state index contributed by atoms with van der Waals surface area (Å²) in [6, 6.07) is 0. The summed E-state index contributed by atoms with van der Waals surface area (Å²) in [6.45, 7) is 7.37. The summed E-state index contributed by atoms with van der Waals surface area (Å²) < 4.78 is 0. The van der Waals surface area contributed by atoms with Crippen molar-refractivity contribution < 1.29 is 5.11 Å². The molecule has 2 aliphatic rings. The van der Waals surface area contributed by atoms with Crippen molar-refractivity contribution in [2.45, 2.75) is 12.8 Å². The number of aliphatic hydroxyl groups excluding tert-OH is 1. The lowest BCUT2D eigenvalue weighted by Gasteiger charge is -2.14. The molecule has 2 fully saturated rings. The first-order valence-corrected chi connectivity index (χ1v) is 5.29. The van der Waals surface area contributed by atoms with E-state index in [1.807, 2.05) is 6.08 Å². The molecule has 1 aliphatic heterocycles. The van der Waals surface area contributed by atoms with E-state index < -0.39 is 0 Å². The second-order valence-corrected chi connectivity index (χ2v) is 4.45. The van der Waals surface area contributed by atoms with Crippen molar-refractivity contribution in [1.29, 1.82) is 0 Å². The fraction of sp³-hybridized carbons (Fsp3) is 0.818. The molecule has 0 aromatic rings. The predicted molar refractivity (Wildman–Crippen MR) is 53.4 cm³/mol. The molecule has 2 rings (SSSR count). The average molecular weight is 181 g/mol. The quantitative estimate of drug-likeness (QED) is 0.657. The van der Waals surface area contributed by atoms with E-state index in [-0.39, 0.29) is 0 Å². The molecular formula is C11H19NO. The monoisotopic (exact) mass is 181 g/mol. The van der Waals surface area contributed by atoms with Crippen LogP contribution in [0.1, 0.15) is 12.8 Å². The highest BCUT2D eigenvalue weighted by Gasteiger charge is 2.41. The van der Waals surface area contributed by atoms with Gasteiger partial charge in [0.1, 0.15) is 0 Å². The number of nitrogens with zero attached hydrogens (tertiary/aromatic N) is 1. The maximum atomic E-state index is 9.25. The fourth-order valence-electron chi connectivity index (χ4n) is 2.57. The Morgan fingerprint density at radius 1 is 1.38 bits per heavy atom. The molecule has 0 aromatic heterocycles. The SMILES string of the molecule is C=CCN1CC(CO)C(C2CC2)C1. The van der Waals surface area contributed by atoms with Gasteiger partial charge in [-0.1, -0.05) is 6.08 Å². The maximum absolute atomic E-state index is 9.25. The van der Waals surface area contributed by atoms with Gasteiger partial charge in [-0.05, 0) is 30.6 Å². The largest absolute Gasteiger partial charge is 0.396 e. The van der Waals surface area contributed by atoms with Crippen molar-refractivity contribution >= 4 is 0 Å². The van der Waals surface area contributed by atoms with Gasteiger partial charge in [0.05, 0.1) is 0 Å². The molecule has 0 aromatic carbocycles. The van der Waals surface area contributed by atoms with Crippen LogP contribution in [0.15, 0.2) is 12.7 Å². The molecule has 2 nitrogen and oxygen atoms in total. The van der Waals surface area contributed by atoms with Gasteiger partial charge >= 0.3 is 0 Å². The van der Waals surface area contributed by atoms with Crippen molar-refractivity contribution in [3.8, 4) is 0 Å². The lowest BCUT2D eigenvalue weighted by atomic mass is 9.92. The van der Waals surface area contributed by atoms with Crippen LogP contribution in [-0.4, -0.2) is 36.2 Å². The molecule has 0 bridgehead atoms. The second-order valence-electron chi connectivity index (χ2n) is 4.45. The van der Waals surface area contributed by atoms with Gasteiger partial charge in [0.2, 0.25) is 0 Å². The van der Waals surface area contributed by atoms with E-state index in [1.165, 1.54) is 19.4 Å². The molecule has 1 N–H and O–H groups in total. The standard InChI is InChI=1S/C11H19NO/c1-2-5-12-6-10(8-13)11(7-12)9-3-4-9/h2,9-11,13H,1,3-8H2. The maximum Gasteiger partial charge on any atom is 0.0474 e. The Balaban J connectivity index is 1.90. The Labute approximate surface area is 80.2 Å². The van der Waals surface area contributed by atoms with Crippen molar-refractivity contribution in [1.82, 2.24) is 4.90 Å². The molecule has 1 saturated heterocycles. The predicted octanol–water partition coefficient (Wildman–Crippen LogP) is 1.12. The van der Waals surface area contributed by atoms with E-state index in [9.17, 15) is 5.11 Å². The van der Waals surface area contributed by atoms with Crippen LogP contribution in [-0.2, 0) is 0 Å². The van der Waals surface area contributed by atoms with Crippen LogP contribution in [0, 0.1) is 17.8 Å². The van der Waals surface area contributed by atoms with E-state index in [0.29, 0.717) is 12.5 Å². The minimum Gasteiger partial charge on any atom is -0.396 e. The normalized spacial score (nSPS) is 35.2. The summed E-state index contributed by atoms with van der Waals surface area (Å²) >= 11 is 0. The summed E-state index contributed by atoms with van der Waals surface area (Å²) in [5, 5.41) is 9.25. The third kappa shape index (κ3) is 1.94. The fourth-order valence-corrected chi connectivity index (χ4v) is 2.57. The molecule has 1 aliphatic carbocycles. The molecule has 13 heavy (non-hydrogen) atoms. The van der Waals surface area contributed by atoms with Gasteiger partial charge in [-0.2, -0.15) is 0 Å². The van der Waals surface area contributed by atoms with E-state index in [2.05, 4.69) is 11.5 Å². The second kappa shape index (κ2) is 3.81. The Hall–Kier alpha value is -0.340. The van der Waals surface area contributed by atoms with Gasteiger partial charge < -0.3 is 5.11 Å². The van der Waals surface area contributed by atoms with Gasteiger partial charge in [-0.3, -0.25) is 4.90 Å². The van der Waals surface area contributed by atoms with Crippen LogP contribution >= 0.6 is 0 Å². The molecule has 2 unspecified atom stereocenters. The Kier molecular flexibility index (Phi) is 2.70. The summed E-state index contributed by atoms with van der Waals surface area (Å²) in [4.78, 5) is 2.41. The summed E-state index contributed by atoms with van der Waals surface area (Å²) in [5.74, 6) is 2.23. The van der Waals surface area contributed by atoms with Crippen LogP contribution in [0.25, 0.3) is 0 Å². The summed E-state index contributed by atoms with van der Waals surface area (Å²) in [6.07, 6.45) is 4.75. The molecular weight excluding hydrogens is 162 g/mol. The first kappa shape index (κ1) is 9.22. The van der Waals surface area contributed by atoms with E-state index in [0.717, 1.165) is 24.9 Å². The highest BCUT2D eigenvalue weighted by molar-refractivity contribution is 4.94. The Bertz CT molecular complexity index is 189. The third-order valence-corrected chi connectivity index (χ3v) is 3.42.